The van der Waals surface area contributed by atoms with E-state index < -0.39 is 0 Å². The van der Waals surface area contributed by atoms with Gasteiger partial charge in [0.2, 0.25) is 0 Å². The van der Waals surface area contributed by atoms with Gasteiger partial charge < -0.3 is 5.32 Å². The summed E-state index contributed by atoms with van der Waals surface area (Å²) in [5.74, 6) is 0.688. The van der Waals surface area contributed by atoms with Gasteiger partial charge in [0.25, 0.3) is 0 Å². The largest absolute Gasteiger partial charge is 0.315 e. The molecule has 1 atom stereocenters. The molecule has 1 heterocycles. The molecule has 1 aromatic rings. The van der Waals surface area contributed by atoms with E-state index in [-0.39, 0.29) is 0 Å². The lowest BCUT2D eigenvalue weighted by molar-refractivity contribution is 0.541. The van der Waals surface area contributed by atoms with E-state index in [1.807, 2.05) is 11.3 Å². The second-order valence-electron chi connectivity index (χ2n) is 4.23. The Morgan fingerprint density at radius 1 is 1.36 bits per heavy atom. The van der Waals surface area contributed by atoms with Crippen molar-refractivity contribution in [2.45, 2.75) is 46.1 Å². The van der Waals surface area contributed by atoms with Crippen LogP contribution < -0.4 is 5.32 Å². The number of nitrogens with one attached hydrogen (secondary N) is 1. The predicted octanol–water partition coefficient (Wildman–Crippen LogP) is 3.55. The van der Waals surface area contributed by atoms with Crippen molar-refractivity contribution in [1.82, 2.24) is 5.32 Å². The van der Waals surface area contributed by atoms with Crippen molar-refractivity contribution in [2.75, 3.05) is 6.54 Å². The van der Waals surface area contributed by atoms with Gasteiger partial charge in [-0.15, -0.1) is 11.3 Å². The van der Waals surface area contributed by atoms with Crippen molar-refractivity contribution >= 4 is 11.3 Å². The fourth-order valence-corrected chi connectivity index (χ4v) is 2.47. The van der Waals surface area contributed by atoms with Crippen LogP contribution in [0.4, 0.5) is 0 Å². The zero-order chi connectivity index (χ0) is 10.6. The Labute approximate surface area is 91.5 Å². The first-order chi connectivity index (χ1) is 6.61. The first-order valence-corrected chi connectivity index (χ1v) is 6.26. The molecule has 0 saturated heterocycles. The Morgan fingerprint density at radius 3 is 2.57 bits per heavy atom. The summed E-state index contributed by atoms with van der Waals surface area (Å²) in [5, 5.41) is 5.65. The molecule has 80 valence electrons. The van der Waals surface area contributed by atoms with Gasteiger partial charge in [0.05, 0.1) is 0 Å². The maximum Gasteiger partial charge on any atom is 0.00489 e. The van der Waals surface area contributed by atoms with Crippen LogP contribution in [0.2, 0.25) is 0 Å². The summed E-state index contributed by atoms with van der Waals surface area (Å²) in [6.07, 6.45) is 1.23. The average Bonchev–Trinajstić information content (AvgIpc) is 2.50. The molecule has 0 radical (unpaired) electrons. The van der Waals surface area contributed by atoms with Crippen LogP contribution in [0.25, 0.3) is 0 Å². The molecule has 1 aromatic heterocycles. The molecule has 0 saturated carbocycles. The van der Waals surface area contributed by atoms with Gasteiger partial charge in [-0.05, 0) is 42.8 Å². The molecule has 2 heteroatoms. The molecule has 0 aromatic carbocycles. The summed E-state index contributed by atoms with van der Waals surface area (Å²) in [5.41, 5.74) is 1.53. The monoisotopic (exact) mass is 211 g/mol. The fraction of sp³-hybridized carbons (Fsp3) is 0.667. The lowest BCUT2D eigenvalue weighted by atomic mass is 9.99. The number of hydrogen-bond acceptors (Lipinski definition) is 2. The van der Waals surface area contributed by atoms with Gasteiger partial charge in [-0.1, -0.05) is 20.8 Å². The Kier molecular flexibility index (Phi) is 4.63. The van der Waals surface area contributed by atoms with E-state index in [0.29, 0.717) is 12.0 Å². The second-order valence-corrected chi connectivity index (χ2v) is 5.35. The molecule has 0 fully saturated rings. The molecule has 0 bridgehead atoms. The Balaban J connectivity index is 2.36. The van der Waals surface area contributed by atoms with Crippen molar-refractivity contribution in [3.63, 3.8) is 0 Å². The Bertz CT molecular complexity index is 265. The zero-order valence-electron chi connectivity index (χ0n) is 9.63. The van der Waals surface area contributed by atoms with Crippen LogP contribution in [-0.4, -0.2) is 12.6 Å². The van der Waals surface area contributed by atoms with Gasteiger partial charge in [0.1, 0.15) is 0 Å². The Hall–Kier alpha value is -0.340. The van der Waals surface area contributed by atoms with Gasteiger partial charge in [-0.25, -0.2) is 0 Å². The molecule has 0 amide bonds. The standard InChI is InChI=1S/C12H21NS/c1-9(2)13-7-5-10(3)12-6-8-14-11(12)4/h6,8-10,13H,5,7H2,1-4H3. The van der Waals surface area contributed by atoms with Crippen LogP contribution >= 0.6 is 11.3 Å². The third-order valence-electron chi connectivity index (χ3n) is 2.56. The molecule has 1 rings (SSSR count). The maximum atomic E-state index is 3.46. The van der Waals surface area contributed by atoms with Crippen LogP contribution in [0.3, 0.4) is 0 Å². The summed E-state index contributed by atoms with van der Waals surface area (Å²) in [6, 6.07) is 2.87. The predicted molar refractivity (Wildman–Crippen MR) is 65.2 cm³/mol. The highest BCUT2D eigenvalue weighted by molar-refractivity contribution is 7.10. The smallest absolute Gasteiger partial charge is 0.00489 e. The molecular weight excluding hydrogens is 190 g/mol. The van der Waals surface area contributed by atoms with Gasteiger partial charge in [-0.2, -0.15) is 0 Å². The van der Waals surface area contributed by atoms with Crippen LogP contribution in [0.15, 0.2) is 11.4 Å². The quantitative estimate of drug-likeness (QED) is 0.785. The number of aryl methyl sites for hydroxylation is 1. The highest BCUT2D eigenvalue weighted by atomic mass is 32.1. The van der Waals surface area contributed by atoms with Gasteiger partial charge in [0.15, 0.2) is 0 Å². The summed E-state index contributed by atoms with van der Waals surface area (Å²) in [4.78, 5) is 1.47. The second kappa shape index (κ2) is 5.52. The normalized spacial score (nSPS) is 13.5. The molecule has 1 N–H and O–H groups in total. The number of rotatable bonds is 5. The van der Waals surface area contributed by atoms with E-state index >= 15 is 0 Å². The van der Waals surface area contributed by atoms with E-state index in [4.69, 9.17) is 0 Å². The molecule has 14 heavy (non-hydrogen) atoms. The van der Waals surface area contributed by atoms with E-state index in [1.165, 1.54) is 16.9 Å². The lowest BCUT2D eigenvalue weighted by Gasteiger charge is -2.13. The minimum atomic E-state index is 0.603. The van der Waals surface area contributed by atoms with Gasteiger partial charge in [0, 0.05) is 10.9 Å². The molecule has 0 aliphatic carbocycles. The summed E-state index contributed by atoms with van der Waals surface area (Å²) in [6.45, 7) is 10.0. The van der Waals surface area contributed by atoms with E-state index in [2.05, 4.69) is 44.5 Å². The number of thiophene rings is 1. The lowest BCUT2D eigenvalue weighted by Crippen LogP contribution is -2.24. The minimum absolute atomic E-state index is 0.603. The molecule has 1 unspecified atom stereocenters. The first-order valence-electron chi connectivity index (χ1n) is 5.38. The van der Waals surface area contributed by atoms with E-state index in [0.717, 1.165) is 6.54 Å². The number of hydrogen-bond donors (Lipinski definition) is 1. The zero-order valence-corrected chi connectivity index (χ0v) is 10.4. The average molecular weight is 211 g/mol. The first kappa shape index (κ1) is 11.7. The highest BCUT2D eigenvalue weighted by Crippen LogP contribution is 2.25. The van der Waals surface area contributed by atoms with Gasteiger partial charge in [-0.3, -0.25) is 0 Å². The Morgan fingerprint density at radius 2 is 2.07 bits per heavy atom. The van der Waals surface area contributed by atoms with Crippen LogP contribution in [-0.2, 0) is 0 Å². The highest BCUT2D eigenvalue weighted by Gasteiger charge is 2.08. The maximum absolute atomic E-state index is 3.46. The minimum Gasteiger partial charge on any atom is -0.315 e. The van der Waals surface area contributed by atoms with E-state index in [1.54, 1.807) is 0 Å². The molecule has 0 spiro atoms. The molecule has 1 nitrogen and oxygen atoms in total. The topological polar surface area (TPSA) is 12.0 Å². The fourth-order valence-electron chi connectivity index (χ4n) is 1.65. The molecule has 0 aliphatic heterocycles. The van der Waals surface area contributed by atoms with Crippen LogP contribution in [0.1, 0.15) is 43.6 Å². The molecular formula is C12H21NS. The van der Waals surface area contributed by atoms with Crippen molar-refractivity contribution in [1.29, 1.82) is 0 Å². The van der Waals surface area contributed by atoms with Crippen LogP contribution in [0.5, 0.6) is 0 Å². The van der Waals surface area contributed by atoms with E-state index in [9.17, 15) is 0 Å². The van der Waals surface area contributed by atoms with Crippen molar-refractivity contribution in [3.05, 3.63) is 21.9 Å². The van der Waals surface area contributed by atoms with Crippen molar-refractivity contribution in [2.24, 2.45) is 0 Å². The van der Waals surface area contributed by atoms with Crippen LogP contribution in [0, 0.1) is 6.92 Å². The summed E-state index contributed by atoms with van der Waals surface area (Å²) >= 11 is 1.85. The summed E-state index contributed by atoms with van der Waals surface area (Å²) < 4.78 is 0. The summed E-state index contributed by atoms with van der Waals surface area (Å²) in [7, 11) is 0. The SMILES string of the molecule is Cc1sccc1C(C)CCNC(C)C. The third-order valence-corrected chi connectivity index (χ3v) is 3.42. The van der Waals surface area contributed by atoms with Crippen molar-refractivity contribution < 1.29 is 0 Å². The van der Waals surface area contributed by atoms with Crippen molar-refractivity contribution in [3.8, 4) is 0 Å². The molecule has 0 aliphatic rings. The third kappa shape index (κ3) is 3.43. The van der Waals surface area contributed by atoms with Gasteiger partial charge >= 0.3 is 0 Å².